The summed E-state index contributed by atoms with van der Waals surface area (Å²) in [5.74, 6) is 0.250. The molecule has 1 saturated carbocycles. The Morgan fingerprint density at radius 3 is 3.00 bits per heavy atom. The number of nitriles is 1. The Bertz CT molecular complexity index is 438. The Labute approximate surface area is 99.3 Å². The van der Waals surface area contributed by atoms with Gasteiger partial charge in [-0.05, 0) is 12.8 Å². The van der Waals surface area contributed by atoms with Gasteiger partial charge in [0, 0.05) is 19.6 Å². The quantitative estimate of drug-likeness (QED) is 0.838. The normalized spacial score (nSPS) is 14.2. The Morgan fingerprint density at radius 1 is 1.65 bits per heavy atom. The van der Waals surface area contributed by atoms with E-state index in [1.165, 1.54) is 0 Å². The summed E-state index contributed by atoms with van der Waals surface area (Å²) in [7, 11) is 1.69. The van der Waals surface area contributed by atoms with Gasteiger partial charge in [-0.2, -0.15) is 10.2 Å². The van der Waals surface area contributed by atoms with Gasteiger partial charge in [0.15, 0.2) is 11.6 Å². The van der Waals surface area contributed by atoms with E-state index < -0.39 is 5.82 Å². The highest BCUT2D eigenvalue weighted by Crippen LogP contribution is 2.32. The Hall–Kier alpha value is -1.90. The zero-order valence-corrected chi connectivity index (χ0v) is 9.65. The molecule has 0 bridgehead atoms. The van der Waals surface area contributed by atoms with Crippen LogP contribution >= 0.6 is 0 Å². The van der Waals surface area contributed by atoms with Crippen molar-refractivity contribution in [2.75, 3.05) is 23.8 Å². The van der Waals surface area contributed by atoms with E-state index in [0.29, 0.717) is 30.8 Å². The lowest BCUT2D eigenvalue weighted by molar-refractivity contribution is 0.600. The van der Waals surface area contributed by atoms with Gasteiger partial charge in [-0.15, -0.1) is 0 Å². The summed E-state index contributed by atoms with van der Waals surface area (Å²) < 4.78 is 13.7. The highest BCUT2D eigenvalue weighted by molar-refractivity contribution is 5.46. The number of halogens is 1. The monoisotopic (exact) mass is 235 g/mol. The molecule has 0 atom stereocenters. The predicted molar refractivity (Wildman–Crippen MR) is 62.1 cm³/mol. The molecule has 1 aliphatic rings. The minimum absolute atomic E-state index is 0.294. The van der Waals surface area contributed by atoms with E-state index >= 15 is 0 Å². The van der Waals surface area contributed by atoms with Crippen LogP contribution in [0.25, 0.3) is 0 Å². The van der Waals surface area contributed by atoms with Crippen LogP contribution in [0.4, 0.5) is 16.2 Å². The molecule has 2 rings (SSSR count). The zero-order valence-electron chi connectivity index (χ0n) is 9.65. The van der Waals surface area contributed by atoms with Gasteiger partial charge in [-0.1, -0.05) is 0 Å². The topological polar surface area (TPSA) is 64.8 Å². The molecule has 90 valence electrons. The molecule has 1 aromatic heterocycles. The molecule has 5 nitrogen and oxygen atoms in total. The van der Waals surface area contributed by atoms with Crippen molar-refractivity contribution in [3.63, 3.8) is 0 Å². The lowest BCUT2D eigenvalue weighted by atomic mass is 10.3. The van der Waals surface area contributed by atoms with E-state index in [0.717, 1.165) is 19.0 Å². The number of nitrogens with zero attached hydrogens (tertiary/aromatic N) is 4. The van der Waals surface area contributed by atoms with Gasteiger partial charge < -0.3 is 10.2 Å². The second-order valence-electron chi connectivity index (χ2n) is 3.95. The van der Waals surface area contributed by atoms with E-state index in [9.17, 15) is 4.39 Å². The van der Waals surface area contributed by atoms with E-state index in [1.807, 2.05) is 4.90 Å². The van der Waals surface area contributed by atoms with Crippen LogP contribution in [-0.2, 0) is 0 Å². The maximum Gasteiger partial charge on any atom is 0.224 e. The zero-order chi connectivity index (χ0) is 12.3. The number of hydrogen-bond donors (Lipinski definition) is 1. The molecule has 0 radical (unpaired) electrons. The summed E-state index contributed by atoms with van der Waals surface area (Å²) in [6.45, 7) is 0.512. The summed E-state index contributed by atoms with van der Waals surface area (Å²) in [5, 5.41) is 11.4. The van der Waals surface area contributed by atoms with Crippen molar-refractivity contribution in [1.29, 1.82) is 5.26 Å². The first-order valence-corrected chi connectivity index (χ1v) is 5.60. The molecule has 0 aromatic carbocycles. The lowest BCUT2D eigenvalue weighted by Crippen LogP contribution is -2.29. The molecule has 1 aliphatic carbocycles. The lowest BCUT2D eigenvalue weighted by Gasteiger charge is -2.22. The molecule has 0 saturated heterocycles. The second-order valence-corrected chi connectivity index (χ2v) is 3.95. The van der Waals surface area contributed by atoms with Crippen LogP contribution in [0.3, 0.4) is 0 Å². The SMILES string of the molecule is CNc1ncc(F)c(N(CCC#N)C2CC2)n1. The van der Waals surface area contributed by atoms with E-state index in [4.69, 9.17) is 5.26 Å². The first-order chi connectivity index (χ1) is 8.26. The third kappa shape index (κ3) is 2.61. The van der Waals surface area contributed by atoms with Gasteiger partial charge in [0.25, 0.3) is 0 Å². The van der Waals surface area contributed by atoms with Crippen molar-refractivity contribution in [1.82, 2.24) is 9.97 Å². The summed E-state index contributed by atoms with van der Waals surface area (Å²) in [6.07, 6.45) is 3.60. The van der Waals surface area contributed by atoms with Crippen LogP contribution in [-0.4, -0.2) is 29.6 Å². The fourth-order valence-corrected chi connectivity index (χ4v) is 1.70. The van der Waals surface area contributed by atoms with Crippen molar-refractivity contribution in [3.05, 3.63) is 12.0 Å². The van der Waals surface area contributed by atoms with Crippen molar-refractivity contribution < 1.29 is 4.39 Å². The molecule has 0 amide bonds. The first-order valence-electron chi connectivity index (χ1n) is 5.60. The maximum absolute atomic E-state index is 13.7. The molecule has 1 heterocycles. The van der Waals surface area contributed by atoms with Gasteiger partial charge in [-0.25, -0.2) is 9.37 Å². The largest absolute Gasteiger partial charge is 0.357 e. The van der Waals surface area contributed by atoms with Crippen LogP contribution in [0.5, 0.6) is 0 Å². The van der Waals surface area contributed by atoms with Gasteiger partial charge in [0.2, 0.25) is 5.95 Å². The number of hydrogen-bond acceptors (Lipinski definition) is 5. The van der Waals surface area contributed by atoms with Crippen molar-refractivity contribution in [3.8, 4) is 6.07 Å². The van der Waals surface area contributed by atoms with Gasteiger partial charge in [0.1, 0.15) is 0 Å². The average Bonchev–Trinajstić information content (AvgIpc) is 3.16. The fraction of sp³-hybridized carbons (Fsp3) is 0.545. The number of rotatable bonds is 5. The molecule has 6 heteroatoms. The molecule has 1 aromatic rings. The highest BCUT2D eigenvalue weighted by atomic mass is 19.1. The van der Waals surface area contributed by atoms with Crippen LogP contribution in [0.1, 0.15) is 19.3 Å². The van der Waals surface area contributed by atoms with Crippen LogP contribution in [0.15, 0.2) is 6.20 Å². The molecule has 0 spiro atoms. The van der Waals surface area contributed by atoms with E-state index in [1.54, 1.807) is 7.05 Å². The standard InChI is InChI=1S/C11H14FN5/c1-14-11-15-7-9(12)10(16-11)17(6-2-5-13)8-3-4-8/h7-8H,2-4,6H2,1H3,(H,14,15,16). The van der Waals surface area contributed by atoms with Crippen molar-refractivity contribution in [2.24, 2.45) is 0 Å². The minimum Gasteiger partial charge on any atom is -0.357 e. The Balaban J connectivity index is 2.24. The number of anilines is 2. The Kier molecular flexibility index (Phi) is 3.38. The van der Waals surface area contributed by atoms with E-state index in [-0.39, 0.29) is 0 Å². The average molecular weight is 235 g/mol. The van der Waals surface area contributed by atoms with Crippen LogP contribution in [0.2, 0.25) is 0 Å². The summed E-state index contributed by atoms with van der Waals surface area (Å²) in [4.78, 5) is 9.80. The third-order valence-corrected chi connectivity index (χ3v) is 2.67. The minimum atomic E-state index is -0.436. The molecule has 0 unspecified atom stereocenters. The summed E-state index contributed by atoms with van der Waals surface area (Å²) in [6, 6.07) is 2.39. The number of aromatic nitrogens is 2. The van der Waals surface area contributed by atoms with Gasteiger partial charge >= 0.3 is 0 Å². The molecule has 17 heavy (non-hydrogen) atoms. The molecular weight excluding hydrogens is 221 g/mol. The molecular formula is C11H14FN5. The first kappa shape index (κ1) is 11.6. The molecule has 1 fully saturated rings. The maximum atomic E-state index is 13.7. The Morgan fingerprint density at radius 2 is 2.41 bits per heavy atom. The van der Waals surface area contributed by atoms with E-state index in [2.05, 4.69) is 21.4 Å². The summed E-state index contributed by atoms with van der Waals surface area (Å²) in [5.41, 5.74) is 0. The number of nitrogens with one attached hydrogen (secondary N) is 1. The van der Waals surface area contributed by atoms with Crippen LogP contribution < -0.4 is 10.2 Å². The fourth-order valence-electron chi connectivity index (χ4n) is 1.70. The smallest absolute Gasteiger partial charge is 0.224 e. The molecule has 0 aliphatic heterocycles. The summed E-state index contributed by atoms with van der Waals surface area (Å²) >= 11 is 0. The molecule has 1 N–H and O–H groups in total. The van der Waals surface area contributed by atoms with Crippen molar-refractivity contribution in [2.45, 2.75) is 25.3 Å². The predicted octanol–water partition coefficient (Wildman–Crippen LogP) is 1.54. The van der Waals surface area contributed by atoms with Gasteiger partial charge in [-0.3, -0.25) is 0 Å². The highest BCUT2D eigenvalue weighted by Gasteiger charge is 2.31. The second kappa shape index (κ2) is 4.95. The van der Waals surface area contributed by atoms with Crippen LogP contribution in [0, 0.1) is 17.1 Å². The van der Waals surface area contributed by atoms with Crippen molar-refractivity contribution >= 4 is 11.8 Å². The van der Waals surface area contributed by atoms with Gasteiger partial charge in [0.05, 0.1) is 18.7 Å². The third-order valence-electron chi connectivity index (χ3n) is 2.67.